The highest BCUT2D eigenvalue weighted by Crippen LogP contribution is 2.34. The molecule has 0 amide bonds. The van der Waals surface area contributed by atoms with E-state index in [-0.39, 0.29) is 6.04 Å². The van der Waals surface area contributed by atoms with Gasteiger partial charge >= 0.3 is 0 Å². The van der Waals surface area contributed by atoms with Gasteiger partial charge in [0.25, 0.3) is 0 Å². The second kappa shape index (κ2) is 5.33. The molecule has 3 nitrogen and oxygen atoms in total. The van der Waals surface area contributed by atoms with Gasteiger partial charge < -0.3 is 10.2 Å². The first-order chi connectivity index (χ1) is 9.65. The van der Waals surface area contributed by atoms with Gasteiger partial charge in [-0.25, -0.2) is 0 Å². The predicted molar refractivity (Wildman–Crippen MR) is 84.7 cm³/mol. The molecule has 20 heavy (non-hydrogen) atoms. The van der Waals surface area contributed by atoms with E-state index < -0.39 is 0 Å². The van der Waals surface area contributed by atoms with E-state index in [1.54, 1.807) is 0 Å². The van der Waals surface area contributed by atoms with Gasteiger partial charge in [0.15, 0.2) is 0 Å². The Balaban J connectivity index is 1.81. The molecule has 4 heteroatoms. The molecule has 0 spiro atoms. The molecular formula is C16H18ClN3. The van der Waals surface area contributed by atoms with Crippen LogP contribution in [0.25, 0.3) is 0 Å². The van der Waals surface area contributed by atoms with Crippen molar-refractivity contribution in [3.05, 3.63) is 52.8 Å². The lowest BCUT2D eigenvalue weighted by molar-refractivity contribution is 0.746. The number of nitrogens with zero attached hydrogens (tertiary/aromatic N) is 2. The van der Waals surface area contributed by atoms with Crippen LogP contribution < -0.4 is 10.2 Å². The van der Waals surface area contributed by atoms with Crippen molar-refractivity contribution in [2.45, 2.75) is 18.9 Å². The summed E-state index contributed by atoms with van der Waals surface area (Å²) < 4.78 is 0. The van der Waals surface area contributed by atoms with Crippen molar-refractivity contribution in [1.29, 1.82) is 0 Å². The van der Waals surface area contributed by atoms with Gasteiger partial charge in [0.05, 0.1) is 22.4 Å². The van der Waals surface area contributed by atoms with Crippen LogP contribution in [0.4, 0.5) is 11.4 Å². The van der Waals surface area contributed by atoms with E-state index in [0.717, 1.165) is 29.2 Å². The van der Waals surface area contributed by atoms with Crippen LogP contribution in [-0.2, 0) is 6.42 Å². The smallest absolute Gasteiger partial charge is 0.0691 e. The van der Waals surface area contributed by atoms with E-state index in [1.165, 1.54) is 11.3 Å². The molecule has 0 radical (unpaired) electrons. The summed E-state index contributed by atoms with van der Waals surface area (Å²) in [6.45, 7) is 0. The second-order valence-electron chi connectivity index (χ2n) is 5.34. The van der Waals surface area contributed by atoms with Gasteiger partial charge in [-0.1, -0.05) is 17.7 Å². The maximum atomic E-state index is 6.31. The van der Waals surface area contributed by atoms with E-state index >= 15 is 0 Å². The predicted octanol–water partition coefficient (Wildman–Crippen LogP) is 3.90. The van der Waals surface area contributed by atoms with Gasteiger partial charge in [0, 0.05) is 26.0 Å². The first-order valence-corrected chi connectivity index (χ1v) is 7.20. The van der Waals surface area contributed by atoms with Gasteiger partial charge in [0.1, 0.15) is 0 Å². The molecule has 1 aromatic heterocycles. The van der Waals surface area contributed by atoms with E-state index in [4.69, 9.17) is 11.6 Å². The third kappa shape index (κ3) is 2.46. The average Bonchev–Trinajstić information content (AvgIpc) is 2.82. The summed E-state index contributed by atoms with van der Waals surface area (Å²) in [6, 6.07) is 10.5. The van der Waals surface area contributed by atoms with Crippen molar-refractivity contribution >= 4 is 23.0 Å². The molecule has 1 N–H and O–H groups in total. The molecular weight excluding hydrogens is 270 g/mol. The number of fused-ring (bicyclic) bond motifs is 1. The van der Waals surface area contributed by atoms with Crippen LogP contribution in [0, 0.1) is 0 Å². The van der Waals surface area contributed by atoms with Gasteiger partial charge in [-0.3, -0.25) is 4.98 Å². The van der Waals surface area contributed by atoms with Gasteiger partial charge in [-0.2, -0.15) is 0 Å². The highest BCUT2D eigenvalue weighted by molar-refractivity contribution is 6.33. The summed E-state index contributed by atoms with van der Waals surface area (Å²) >= 11 is 6.31. The van der Waals surface area contributed by atoms with Crippen molar-refractivity contribution < 1.29 is 0 Å². The van der Waals surface area contributed by atoms with Crippen molar-refractivity contribution in [1.82, 2.24) is 4.98 Å². The third-order valence-corrected chi connectivity index (χ3v) is 4.03. The van der Waals surface area contributed by atoms with E-state index in [1.807, 2.05) is 43.4 Å². The number of pyridine rings is 1. The summed E-state index contributed by atoms with van der Waals surface area (Å²) in [4.78, 5) is 6.51. The first kappa shape index (κ1) is 13.3. The second-order valence-corrected chi connectivity index (χ2v) is 5.75. The Bertz CT molecular complexity index is 625. The Morgan fingerprint density at radius 3 is 2.90 bits per heavy atom. The zero-order valence-corrected chi connectivity index (χ0v) is 12.5. The molecule has 0 bridgehead atoms. The summed E-state index contributed by atoms with van der Waals surface area (Å²) in [5.74, 6) is 0. The summed E-state index contributed by atoms with van der Waals surface area (Å²) in [6.07, 6.45) is 4.03. The van der Waals surface area contributed by atoms with Crippen molar-refractivity contribution in [3.8, 4) is 0 Å². The zero-order valence-electron chi connectivity index (χ0n) is 11.7. The number of benzene rings is 1. The number of rotatable bonds is 3. The third-order valence-electron chi connectivity index (χ3n) is 3.73. The van der Waals surface area contributed by atoms with Crippen LogP contribution in [0.2, 0.25) is 5.02 Å². The Morgan fingerprint density at radius 2 is 2.15 bits per heavy atom. The average molecular weight is 288 g/mol. The number of hydrogen-bond donors (Lipinski definition) is 1. The minimum absolute atomic E-state index is 0.285. The van der Waals surface area contributed by atoms with Crippen molar-refractivity contribution in [2.75, 3.05) is 24.3 Å². The molecule has 2 aromatic rings. The lowest BCUT2D eigenvalue weighted by Crippen LogP contribution is -2.11. The van der Waals surface area contributed by atoms with Gasteiger partial charge in [0.2, 0.25) is 0 Å². The number of aryl methyl sites for hydroxylation is 1. The zero-order chi connectivity index (χ0) is 14.1. The molecule has 0 saturated carbocycles. The highest BCUT2D eigenvalue weighted by atomic mass is 35.5. The SMILES string of the molecule is CN(C)c1ccc(NC2CCc3cccnc32)cc1Cl. The lowest BCUT2D eigenvalue weighted by Gasteiger charge is -2.18. The van der Waals surface area contributed by atoms with Crippen molar-refractivity contribution in [2.24, 2.45) is 0 Å². The van der Waals surface area contributed by atoms with E-state index in [0.29, 0.717) is 0 Å². The number of aromatic nitrogens is 1. The number of halogens is 1. The van der Waals surface area contributed by atoms with Crippen LogP contribution in [0.3, 0.4) is 0 Å². The maximum Gasteiger partial charge on any atom is 0.0691 e. The van der Waals surface area contributed by atoms with Crippen molar-refractivity contribution in [3.63, 3.8) is 0 Å². The molecule has 0 saturated heterocycles. The number of anilines is 2. The lowest BCUT2D eigenvalue weighted by atomic mass is 10.2. The topological polar surface area (TPSA) is 28.2 Å². The fourth-order valence-electron chi connectivity index (χ4n) is 2.71. The maximum absolute atomic E-state index is 6.31. The Morgan fingerprint density at radius 1 is 1.30 bits per heavy atom. The van der Waals surface area contributed by atoms with E-state index in [9.17, 15) is 0 Å². The standard InChI is InChI=1S/C16H18ClN3/c1-20(2)15-8-6-12(10-13(15)17)19-14-7-5-11-4-3-9-18-16(11)14/h3-4,6,8-10,14,19H,5,7H2,1-2H3. The largest absolute Gasteiger partial charge is 0.377 e. The summed E-state index contributed by atoms with van der Waals surface area (Å²) in [5, 5.41) is 4.30. The van der Waals surface area contributed by atoms with Gasteiger partial charge in [-0.05, 0) is 42.7 Å². The summed E-state index contributed by atoms with van der Waals surface area (Å²) in [5.41, 5.74) is 4.59. The minimum Gasteiger partial charge on any atom is -0.377 e. The Labute approximate surface area is 124 Å². The molecule has 104 valence electrons. The molecule has 1 aliphatic rings. The highest BCUT2D eigenvalue weighted by Gasteiger charge is 2.23. The van der Waals surface area contributed by atoms with Crippen LogP contribution in [-0.4, -0.2) is 19.1 Å². The quantitative estimate of drug-likeness (QED) is 0.928. The fourth-order valence-corrected chi connectivity index (χ4v) is 3.06. The molecule has 1 atom stereocenters. The molecule has 1 aliphatic carbocycles. The molecule has 1 heterocycles. The monoisotopic (exact) mass is 287 g/mol. The molecule has 3 rings (SSSR count). The van der Waals surface area contributed by atoms with E-state index in [2.05, 4.69) is 22.4 Å². The molecule has 1 unspecified atom stereocenters. The Kier molecular flexibility index (Phi) is 3.53. The van der Waals surface area contributed by atoms with Crippen LogP contribution in [0.1, 0.15) is 23.7 Å². The van der Waals surface area contributed by atoms with Crippen LogP contribution in [0.5, 0.6) is 0 Å². The fraction of sp³-hybridized carbons (Fsp3) is 0.312. The van der Waals surface area contributed by atoms with Crippen LogP contribution in [0.15, 0.2) is 36.5 Å². The normalized spacial score (nSPS) is 16.9. The molecule has 0 fully saturated rings. The molecule has 0 aliphatic heterocycles. The number of hydrogen-bond acceptors (Lipinski definition) is 3. The summed E-state index contributed by atoms with van der Waals surface area (Å²) in [7, 11) is 3.98. The molecule has 1 aromatic carbocycles. The first-order valence-electron chi connectivity index (χ1n) is 6.82. The van der Waals surface area contributed by atoms with Gasteiger partial charge in [-0.15, -0.1) is 0 Å². The van der Waals surface area contributed by atoms with Crippen LogP contribution >= 0.6 is 11.6 Å². The Hall–Kier alpha value is -1.74. The number of nitrogens with one attached hydrogen (secondary N) is 1. The minimum atomic E-state index is 0.285.